The van der Waals surface area contributed by atoms with Crippen LogP contribution in [0.2, 0.25) is 5.02 Å². The molecule has 0 fully saturated rings. The van der Waals surface area contributed by atoms with E-state index in [1.807, 2.05) is 6.92 Å². The number of benzene rings is 2. The maximum atomic E-state index is 14.0. The number of methoxy groups -OCH3 is 2. The highest BCUT2D eigenvalue weighted by Crippen LogP contribution is 2.44. The van der Waals surface area contributed by atoms with Crippen LogP contribution in [0.3, 0.4) is 0 Å². The minimum Gasteiger partial charge on any atom is -0.493 e. The smallest absolute Gasteiger partial charge is 0.410 e. The SMILES string of the molecule is COc1ccc([C@H]2C[C@H](C(F)(F)F)n3nc(C(=O)Nc4ccc(C)c(Cl)c4)cc3N2)cc1OC. The lowest BCUT2D eigenvalue weighted by Gasteiger charge is -2.33. The van der Waals surface area contributed by atoms with Crippen LogP contribution in [0.4, 0.5) is 24.7 Å². The number of nitrogens with one attached hydrogen (secondary N) is 2. The van der Waals surface area contributed by atoms with E-state index in [-0.39, 0.29) is 17.9 Å². The Morgan fingerprint density at radius 1 is 1.15 bits per heavy atom. The largest absolute Gasteiger partial charge is 0.493 e. The number of aryl methyl sites for hydroxylation is 1. The zero-order valence-corrected chi connectivity index (χ0v) is 19.3. The number of fused-ring (bicyclic) bond motifs is 1. The number of nitrogens with zero attached hydrogens (tertiary/aromatic N) is 2. The van der Waals surface area contributed by atoms with E-state index in [9.17, 15) is 18.0 Å². The molecule has 4 rings (SSSR count). The Balaban J connectivity index is 1.64. The van der Waals surface area contributed by atoms with Crippen LogP contribution in [0.25, 0.3) is 0 Å². The van der Waals surface area contributed by atoms with Gasteiger partial charge in [0.15, 0.2) is 23.2 Å². The first-order valence-electron chi connectivity index (χ1n) is 10.3. The second-order valence-corrected chi connectivity index (χ2v) is 8.29. The zero-order valence-electron chi connectivity index (χ0n) is 18.5. The Kier molecular flexibility index (Phi) is 6.35. The summed E-state index contributed by atoms with van der Waals surface area (Å²) < 4.78 is 53.2. The summed E-state index contributed by atoms with van der Waals surface area (Å²) in [5.41, 5.74) is 1.67. The normalized spacial score (nSPS) is 17.5. The fourth-order valence-corrected chi connectivity index (χ4v) is 4.02. The molecule has 0 unspecified atom stereocenters. The number of carbonyl (C=O) groups is 1. The molecule has 0 aliphatic carbocycles. The number of amides is 1. The van der Waals surface area contributed by atoms with Crippen LogP contribution in [0.15, 0.2) is 42.5 Å². The molecule has 3 aromatic rings. The number of halogens is 4. The van der Waals surface area contributed by atoms with E-state index in [0.29, 0.717) is 27.8 Å². The van der Waals surface area contributed by atoms with Gasteiger partial charge in [0.05, 0.1) is 20.3 Å². The van der Waals surface area contributed by atoms with Gasteiger partial charge in [0.1, 0.15) is 5.82 Å². The Hall–Kier alpha value is -3.40. The summed E-state index contributed by atoms with van der Waals surface area (Å²) >= 11 is 6.09. The summed E-state index contributed by atoms with van der Waals surface area (Å²) in [6.07, 6.45) is -4.89. The summed E-state index contributed by atoms with van der Waals surface area (Å²) in [5.74, 6) is 0.309. The number of ether oxygens (including phenoxy) is 2. The summed E-state index contributed by atoms with van der Waals surface area (Å²) in [4.78, 5) is 12.7. The lowest BCUT2D eigenvalue weighted by molar-refractivity contribution is -0.173. The highest BCUT2D eigenvalue weighted by Gasteiger charge is 2.47. The van der Waals surface area contributed by atoms with Crippen molar-refractivity contribution >= 4 is 29.0 Å². The number of anilines is 2. The van der Waals surface area contributed by atoms with Crippen LogP contribution in [0.5, 0.6) is 11.5 Å². The maximum Gasteiger partial charge on any atom is 0.410 e. The molecular formula is C23H22ClF3N4O3. The Morgan fingerprint density at radius 2 is 1.88 bits per heavy atom. The number of hydrogen-bond donors (Lipinski definition) is 2. The second-order valence-electron chi connectivity index (χ2n) is 7.88. The van der Waals surface area contributed by atoms with Crippen molar-refractivity contribution in [1.82, 2.24) is 9.78 Å². The zero-order chi connectivity index (χ0) is 24.6. The van der Waals surface area contributed by atoms with Crippen LogP contribution in [0, 0.1) is 6.92 Å². The molecular weight excluding hydrogens is 473 g/mol. The van der Waals surface area contributed by atoms with Gasteiger partial charge in [-0.25, -0.2) is 4.68 Å². The highest BCUT2D eigenvalue weighted by atomic mass is 35.5. The third kappa shape index (κ3) is 4.63. The van der Waals surface area contributed by atoms with Crippen LogP contribution in [-0.2, 0) is 0 Å². The third-order valence-corrected chi connectivity index (χ3v) is 6.07. The monoisotopic (exact) mass is 494 g/mol. The fraction of sp³-hybridized carbons (Fsp3) is 0.304. The van der Waals surface area contributed by atoms with Gasteiger partial charge in [0.2, 0.25) is 0 Å². The summed E-state index contributed by atoms with van der Waals surface area (Å²) in [6, 6.07) is 8.57. The first-order valence-corrected chi connectivity index (χ1v) is 10.7. The molecule has 180 valence electrons. The van der Waals surface area contributed by atoms with Gasteiger partial charge in [-0.2, -0.15) is 18.3 Å². The first kappa shape index (κ1) is 23.7. The van der Waals surface area contributed by atoms with Crippen LogP contribution in [0.1, 0.15) is 40.1 Å². The van der Waals surface area contributed by atoms with Crippen molar-refractivity contribution < 1.29 is 27.4 Å². The summed E-state index contributed by atoms with van der Waals surface area (Å²) in [7, 11) is 2.93. The molecule has 0 saturated carbocycles. The van der Waals surface area contributed by atoms with E-state index in [1.165, 1.54) is 20.3 Å². The molecule has 0 saturated heterocycles. The van der Waals surface area contributed by atoms with E-state index in [4.69, 9.17) is 21.1 Å². The molecule has 1 amide bonds. The van der Waals surface area contributed by atoms with Crippen molar-refractivity contribution in [3.05, 3.63) is 64.3 Å². The minimum atomic E-state index is -4.57. The van der Waals surface area contributed by atoms with Gasteiger partial charge in [0, 0.05) is 23.2 Å². The Morgan fingerprint density at radius 3 is 2.53 bits per heavy atom. The molecule has 2 heterocycles. The third-order valence-electron chi connectivity index (χ3n) is 5.66. The van der Waals surface area contributed by atoms with E-state index in [1.54, 1.807) is 36.4 Å². The Labute approximate surface area is 198 Å². The topological polar surface area (TPSA) is 77.4 Å². The number of carbonyl (C=O) groups excluding carboxylic acids is 1. The standard InChI is InChI=1S/C23H22ClF3N4O3/c1-12-4-6-14(9-15(12)24)28-22(32)17-11-21-29-16(10-20(23(25,26)27)31(21)30-17)13-5-7-18(33-2)19(8-13)34-3/h4-9,11,16,20,29H,10H2,1-3H3,(H,28,32)/t16-,20-/m1/s1. The van der Waals surface area contributed by atoms with Crippen molar-refractivity contribution in [1.29, 1.82) is 0 Å². The van der Waals surface area contributed by atoms with Crippen molar-refractivity contribution in [2.24, 2.45) is 0 Å². The van der Waals surface area contributed by atoms with Gasteiger partial charge in [-0.15, -0.1) is 0 Å². The van der Waals surface area contributed by atoms with Gasteiger partial charge >= 0.3 is 6.18 Å². The predicted molar refractivity (Wildman–Crippen MR) is 122 cm³/mol. The first-order chi connectivity index (χ1) is 16.1. The summed E-state index contributed by atoms with van der Waals surface area (Å²) in [5, 5.41) is 10.1. The molecule has 11 heteroatoms. The Bertz CT molecular complexity index is 1230. The van der Waals surface area contributed by atoms with Crippen molar-refractivity contribution in [2.45, 2.75) is 31.6 Å². The molecule has 1 aromatic heterocycles. The lowest BCUT2D eigenvalue weighted by atomic mass is 9.96. The molecule has 1 aliphatic heterocycles. The summed E-state index contributed by atoms with van der Waals surface area (Å²) in [6.45, 7) is 1.81. The molecule has 7 nitrogen and oxygen atoms in total. The molecule has 2 atom stereocenters. The van der Waals surface area contributed by atoms with Crippen molar-refractivity contribution in [3.63, 3.8) is 0 Å². The quantitative estimate of drug-likeness (QED) is 0.470. The number of rotatable bonds is 5. The predicted octanol–water partition coefficient (Wildman–Crippen LogP) is 5.77. The van der Waals surface area contributed by atoms with Crippen LogP contribution in [-0.4, -0.2) is 36.1 Å². The van der Waals surface area contributed by atoms with Crippen molar-refractivity contribution in [2.75, 3.05) is 24.9 Å². The minimum absolute atomic E-state index is 0.0837. The molecule has 34 heavy (non-hydrogen) atoms. The van der Waals surface area contributed by atoms with Crippen LogP contribution < -0.4 is 20.1 Å². The van der Waals surface area contributed by atoms with Crippen LogP contribution >= 0.6 is 11.6 Å². The average molecular weight is 495 g/mol. The van der Waals surface area contributed by atoms with Gasteiger partial charge in [0.25, 0.3) is 5.91 Å². The molecule has 1 aliphatic rings. The maximum absolute atomic E-state index is 14.0. The molecule has 2 aromatic carbocycles. The second kappa shape index (κ2) is 9.09. The van der Waals surface area contributed by atoms with E-state index in [2.05, 4.69) is 15.7 Å². The van der Waals surface area contributed by atoms with Gasteiger partial charge < -0.3 is 20.1 Å². The van der Waals surface area contributed by atoms with Gasteiger partial charge in [-0.3, -0.25) is 4.79 Å². The molecule has 0 radical (unpaired) electrons. The highest BCUT2D eigenvalue weighted by molar-refractivity contribution is 6.31. The lowest BCUT2D eigenvalue weighted by Crippen LogP contribution is -2.35. The fourth-order valence-electron chi connectivity index (χ4n) is 3.84. The average Bonchev–Trinajstić information content (AvgIpc) is 3.24. The molecule has 0 bridgehead atoms. The number of hydrogen-bond acceptors (Lipinski definition) is 5. The van der Waals surface area contributed by atoms with E-state index in [0.717, 1.165) is 10.2 Å². The number of aromatic nitrogens is 2. The molecule has 0 spiro atoms. The number of alkyl halides is 3. The van der Waals surface area contributed by atoms with Gasteiger partial charge in [-0.05, 0) is 42.3 Å². The van der Waals surface area contributed by atoms with Crippen molar-refractivity contribution in [3.8, 4) is 11.5 Å². The van der Waals surface area contributed by atoms with Gasteiger partial charge in [-0.1, -0.05) is 23.7 Å². The van der Waals surface area contributed by atoms with E-state index >= 15 is 0 Å². The molecule has 2 N–H and O–H groups in total. The van der Waals surface area contributed by atoms with E-state index < -0.39 is 24.2 Å².